The van der Waals surface area contributed by atoms with Gasteiger partial charge in [0.05, 0.1) is 5.92 Å². The van der Waals surface area contributed by atoms with Crippen LogP contribution in [0.2, 0.25) is 0 Å². The third-order valence-corrected chi connectivity index (χ3v) is 6.81. The lowest BCUT2D eigenvalue weighted by atomic mass is 9.66. The van der Waals surface area contributed by atoms with E-state index in [1.54, 1.807) is 0 Å². The number of hydrogen-bond donors (Lipinski definition) is 0. The topological polar surface area (TPSA) is 34.1 Å². The van der Waals surface area contributed by atoms with Gasteiger partial charge in [0.15, 0.2) is 14.2 Å². The van der Waals surface area contributed by atoms with Crippen molar-refractivity contribution in [3.05, 3.63) is 69.8 Å². The minimum atomic E-state index is -0.250. The van der Waals surface area contributed by atoms with Crippen LogP contribution in [0.4, 0.5) is 0 Å². The van der Waals surface area contributed by atoms with Crippen LogP contribution in [0.25, 0.3) is 0 Å². The van der Waals surface area contributed by atoms with Gasteiger partial charge in [-0.1, -0.05) is 57.2 Å². The molecule has 0 spiro atoms. The number of hydrogen-bond acceptors (Lipinski definition) is 2. The first-order valence-electron chi connectivity index (χ1n) is 10.1. The highest BCUT2D eigenvalue weighted by atomic mass is 31.1. The summed E-state index contributed by atoms with van der Waals surface area (Å²) in [5.41, 5.74) is 6.22. The molecule has 3 heteroatoms. The predicted molar refractivity (Wildman–Crippen MR) is 119 cm³/mol. The minimum absolute atomic E-state index is 0.173. The van der Waals surface area contributed by atoms with Crippen molar-refractivity contribution in [2.24, 2.45) is 11.3 Å². The molecule has 0 amide bonds. The molecule has 0 N–H and O–H groups in total. The molecule has 2 rings (SSSR count). The highest BCUT2D eigenvalue weighted by Gasteiger charge is 2.38. The molecule has 0 saturated carbocycles. The Morgan fingerprint density at radius 1 is 1.00 bits per heavy atom. The zero-order valence-electron chi connectivity index (χ0n) is 18.3. The van der Waals surface area contributed by atoms with Gasteiger partial charge in [-0.2, -0.15) is 0 Å². The molecule has 150 valence electrons. The monoisotopic (exact) mass is 396 g/mol. The lowest BCUT2D eigenvalue weighted by molar-refractivity contribution is 0.0863. The number of benzene rings is 2. The smallest absolute Gasteiger partial charge is 0.171 e. The summed E-state index contributed by atoms with van der Waals surface area (Å²) in [6, 6.07) is 12.3. The summed E-state index contributed by atoms with van der Waals surface area (Å²) in [6.45, 7) is 14.8. The molecule has 2 aromatic rings. The fourth-order valence-electron chi connectivity index (χ4n) is 4.62. The largest absolute Gasteiger partial charge is 0.293 e. The van der Waals surface area contributed by atoms with Crippen molar-refractivity contribution in [3.63, 3.8) is 0 Å². The Morgan fingerprint density at radius 2 is 1.61 bits per heavy atom. The van der Waals surface area contributed by atoms with Crippen molar-refractivity contribution < 1.29 is 9.36 Å². The Labute approximate surface area is 172 Å². The van der Waals surface area contributed by atoms with Gasteiger partial charge in [0.1, 0.15) is 0 Å². The van der Waals surface area contributed by atoms with E-state index < -0.39 is 0 Å². The average molecular weight is 397 g/mol. The maximum Gasteiger partial charge on any atom is 0.171 e. The fourth-order valence-corrected chi connectivity index (χ4v) is 5.00. The molecule has 0 aliphatic carbocycles. The second-order valence-electron chi connectivity index (χ2n) is 8.95. The van der Waals surface area contributed by atoms with Crippen LogP contribution in [0.5, 0.6) is 0 Å². The summed E-state index contributed by atoms with van der Waals surface area (Å²) in [4.78, 5) is 14.0. The third kappa shape index (κ3) is 4.78. The van der Waals surface area contributed by atoms with E-state index >= 15 is 0 Å². The van der Waals surface area contributed by atoms with Crippen molar-refractivity contribution in [1.82, 2.24) is 0 Å². The third-order valence-electron chi connectivity index (χ3n) is 6.04. The summed E-state index contributed by atoms with van der Waals surface area (Å²) >= 11 is 0. The number of rotatable bonds is 8. The summed E-state index contributed by atoms with van der Waals surface area (Å²) in [7, 11) is 0.173. The SMILES string of the molecule is Cc1cc(C)c(C(=O)C(c2ccccc2)C(C)(C)CC(C)CP=O)c(C)c1C. The number of Topliss-reactive ketones (excluding diaryl/α,β-unsaturated/α-hetero) is 1. The molecule has 0 heterocycles. The van der Waals surface area contributed by atoms with Gasteiger partial charge in [-0.05, 0) is 73.3 Å². The molecule has 0 aliphatic rings. The fraction of sp³-hybridized carbons (Fsp3) is 0.480. The lowest BCUT2D eigenvalue weighted by Gasteiger charge is -2.36. The van der Waals surface area contributed by atoms with E-state index in [-0.39, 0.29) is 31.5 Å². The zero-order chi connectivity index (χ0) is 21.1. The Morgan fingerprint density at radius 3 is 2.18 bits per heavy atom. The van der Waals surface area contributed by atoms with Crippen molar-refractivity contribution in [2.45, 2.75) is 60.8 Å². The minimum Gasteiger partial charge on any atom is -0.293 e. The van der Waals surface area contributed by atoms with E-state index in [1.807, 2.05) is 25.1 Å². The molecule has 0 fully saturated rings. The molecule has 0 radical (unpaired) electrons. The molecule has 0 aliphatic heterocycles. The van der Waals surface area contributed by atoms with E-state index in [4.69, 9.17) is 0 Å². The van der Waals surface area contributed by atoms with E-state index in [1.165, 1.54) is 11.1 Å². The quantitative estimate of drug-likeness (QED) is 0.348. The standard InChI is InChI=1S/C25H33O2P/c1-16(15-28-27)14-25(6,7)23(21-11-9-8-10-12-21)24(26)22-18(3)13-17(2)19(4)20(22)5/h8-13,16,23H,14-15H2,1-7H3. The maximum atomic E-state index is 14.0. The van der Waals surface area contributed by atoms with Gasteiger partial charge in [0, 0.05) is 11.7 Å². The first kappa shape index (κ1) is 22.5. The number of ketones is 1. The molecular formula is C25H33O2P. The van der Waals surface area contributed by atoms with Gasteiger partial charge < -0.3 is 0 Å². The molecule has 0 saturated heterocycles. The van der Waals surface area contributed by atoms with Crippen molar-refractivity contribution in [1.29, 1.82) is 0 Å². The van der Waals surface area contributed by atoms with Gasteiger partial charge in [-0.3, -0.25) is 9.36 Å². The van der Waals surface area contributed by atoms with Crippen LogP contribution in [0, 0.1) is 39.0 Å². The Kier molecular flexibility index (Phi) is 7.34. The summed E-state index contributed by atoms with van der Waals surface area (Å²) in [5, 5.41) is 0. The first-order valence-corrected chi connectivity index (χ1v) is 11.1. The van der Waals surface area contributed by atoms with Gasteiger partial charge >= 0.3 is 0 Å². The zero-order valence-corrected chi connectivity index (χ0v) is 19.2. The van der Waals surface area contributed by atoms with Crippen molar-refractivity contribution in [2.75, 3.05) is 6.16 Å². The first-order chi connectivity index (χ1) is 13.1. The summed E-state index contributed by atoms with van der Waals surface area (Å²) < 4.78 is 11.1. The van der Waals surface area contributed by atoms with Crippen LogP contribution in [0.15, 0.2) is 36.4 Å². The Hall–Kier alpha value is -1.79. The van der Waals surface area contributed by atoms with Crippen LogP contribution in [0.1, 0.15) is 71.3 Å². The van der Waals surface area contributed by atoms with Crippen LogP contribution in [0.3, 0.4) is 0 Å². The normalized spacial score (nSPS) is 14.1. The molecular weight excluding hydrogens is 363 g/mol. The van der Waals surface area contributed by atoms with Crippen molar-refractivity contribution >= 4 is 14.2 Å². The maximum absolute atomic E-state index is 14.0. The highest BCUT2D eigenvalue weighted by molar-refractivity contribution is 7.23. The van der Waals surface area contributed by atoms with Gasteiger partial charge in [-0.25, -0.2) is 0 Å². The molecule has 2 nitrogen and oxygen atoms in total. The number of aryl methyl sites for hydroxylation is 2. The molecule has 0 bridgehead atoms. The molecule has 2 atom stereocenters. The van der Waals surface area contributed by atoms with Crippen LogP contribution >= 0.6 is 8.46 Å². The van der Waals surface area contributed by atoms with Gasteiger partial charge in [0.25, 0.3) is 0 Å². The average Bonchev–Trinajstić information content (AvgIpc) is 2.60. The van der Waals surface area contributed by atoms with E-state index in [0.29, 0.717) is 6.16 Å². The highest BCUT2D eigenvalue weighted by Crippen LogP contribution is 2.44. The van der Waals surface area contributed by atoms with Crippen molar-refractivity contribution in [3.8, 4) is 0 Å². The van der Waals surface area contributed by atoms with Crippen LogP contribution in [-0.4, -0.2) is 11.9 Å². The van der Waals surface area contributed by atoms with Crippen LogP contribution in [-0.2, 0) is 4.57 Å². The Balaban J connectivity index is 2.59. The second-order valence-corrected chi connectivity index (χ2v) is 9.58. The molecule has 0 aromatic heterocycles. The molecule has 28 heavy (non-hydrogen) atoms. The number of carbonyl (C=O) groups is 1. The summed E-state index contributed by atoms with van der Waals surface area (Å²) in [6.07, 6.45) is 1.47. The molecule has 2 unspecified atom stereocenters. The van der Waals surface area contributed by atoms with E-state index in [0.717, 1.165) is 28.7 Å². The number of carbonyl (C=O) groups excluding carboxylic acids is 1. The lowest BCUT2D eigenvalue weighted by Crippen LogP contribution is -2.32. The van der Waals surface area contributed by atoms with Gasteiger partial charge in [0.2, 0.25) is 0 Å². The van der Waals surface area contributed by atoms with E-state index in [2.05, 4.69) is 59.7 Å². The second kappa shape index (κ2) is 9.14. The molecule has 2 aromatic carbocycles. The Bertz CT molecular complexity index is 853. The summed E-state index contributed by atoms with van der Waals surface area (Å²) in [5.74, 6) is 0.246. The van der Waals surface area contributed by atoms with Crippen LogP contribution < -0.4 is 0 Å². The predicted octanol–water partition coefficient (Wildman–Crippen LogP) is 7.23. The van der Waals surface area contributed by atoms with Gasteiger partial charge in [-0.15, -0.1) is 0 Å². The van der Waals surface area contributed by atoms with E-state index in [9.17, 15) is 9.36 Å².